The third kappa shape index (κ3) is 2.25. The number of benzene rings is 1. The highest BCUT2D eigenvalue weighted by atomic mass is 19.1. The van der Waals surface area contributed by atoms with E-state index in [4.69, 9.17) is 0 Å². The quantitative estimate of drug-likeness (QED) is 0.446. The minimum absolute atomic E-state index is 0.279. The lowest BCUT2D eigenvalue weighted by atomic mass is 10.1. The minimum atomic E-state index is -1.22. The van der Waals surface area contributed by atoms with Crippen LogP contribution in [-0.4, -0.2) is 24.9 Å². The number of para-hydroxylation sites is 1. The van der Waals surface area contributed by atoms with Crippen LogP contribution in [0.2, 0.25) is 0 Å². The van der Waals surface area contributed by atoms with Gasteiger partial charge in [-0.3, -0.25) is 10.1 Å². The summed E-state index contributed by atoms with van der Waals surface area (Å²) in [6.07, 6.45) is 0. The fourth-order valence-corrected chi connectivity index (χ4v) is 1.16. The summed E-state index contributed by atoms with van der Waals surface area (Å²) < 4.78 is 20.8. The lowest BCUT2D eigenvalue weighted by Gasteiger charge is -2.05. The molecule has 0 spiro atoms. The first-order chi connectivity index (χ1) is 7.61. The lowest BCUT2D eigenvalue weighted by molar-refractivity contribution is -0.386. The molecule has 1 aromatic rings. The monoisotopic (exact) mass is 229 g/mol. The molecule has 16 heavy (non-hydrogen) atoms. The van der Waals surface area contributed by atoms with Gasteiger partial charge in [0.1, 0.15) is 5.56 Å². The molecule has 0 fully saturated rings. The number of nitro groups is 1. The van der Waals surface area contributed by atoms with Gasteiger partial charge in [0, 0.05) is 0 Å². The molecule has 0 amide bonds. The molecule has 0 saturated carbocycles. The number of nitro benzene ring substituents is 1. The SMILES string of the molecule is COC(=O)c1cccc(OCF)c1[N+](=O)[O-]. The molecule has 1 rings (SSSR count). The van der Waals surface area contributed by atoms with E-state index < -0.39 is 23.4 Å². The van der Waals surface area contributed by atoms with Gasteiger partial charge < -0.3 is 9.47 Å². The number of carbonyl (C=O) groups is 1. The van der Waals surface area contributed by atoms with Gasteiger partial charge in [-0.05, 0) is 12.1 Å². The Kier molecular flexibility index (Phi) is 3.76. The van der Waals surface area contributed by atoms with Crippen molar-refractivity contribution in [1.82, 2.24) is 0 Å². The Morgan fingerprint density at radius 1 is 1.56 bits per heavy atom. The van der Waals surface area contributed by atoms with Crippen molar-refractivity contribution in [3.8, 4) is 5.75 Å². The first kappa shape index (κ1) is 11.9. The van der Waals surface area contributed by atoms with Gasteiger partial charge in [0.2, 0.25) is 12.6 Å². The average Bonchev–Trinajstić information content (AvgIpc) is 2.27. The Morgan fingerprint density at radius 3 is 2.75 bits per heavy atom. The maximum atomic E-state index is 12.0. The summed E-state index contributed by atoms with van der Waals surface area (Å²) in [5.74, 6) is -1.19. The fourth-order valence-electron chi connectivity index (χ4n) is 1.16. The van der Waals surface area contributed by atoms with E-state index >= 15 is 0 Å². The molecular weight excluding hydrogens is 221 g/mol. The summed E-state index contributed by atoms with van der Waals surface area (Å²) in [6.45, 7) is -1.22. The number of carbonyl (C=O) groups excluding carboxylic acids is 1. The predicted octanol–water partition coefficient (Wildman–Crippen LogP) is 1.69. The zero-order valence-corrected chi connectivity index (χ0v) is 8.31. The molecule has 0 saturated heterocycles. The number of halogens is 1. The molecule has 0 unspecified atom stereocenters. The molecule has 7 heteroatoms. The number of hydrogen-bond donors (Lipinski definition) is 0. The van der Waals surface area contributed by atoms with E-state index in [2.05, 4.69) is 9.47 Å². The zero-order valence-electron chi connectivity index (χ0n) is 8.31. The second-order valence-corrected chi connectivity index (χ2v) is 2.65. The lowest BCUT2D eigenvalue weighted by Crippen LogP contribution is -2.07. The standard InChI is InChI=1S/C9H8FNO5/c1-15-9(12)6-3-2-4-7(16-5-10)8(6)11(13)14/h2-4H,5H2,1H3. The van der Waals surface area contributed by atoms with Crippen LogP contribution in [0.1, 0.15) is 10.4 Å². The third-order valence-electron chi connectivity index (χ3n) is 1.80. The van der Waals surface area contributed by atoms with Crippen molar-refractivity contribution in [3.63, 3.8) is 0 Å². The molecule has 0 atom stereocenters. The van der Waals surface area contributed by atoms with Crippen LogP contribution >= 0.6 is 0 Å². The van der Waals surface area contributed by atoms with Crippen LogP contribution in [0, 0.1) is 10.1 Å². The van der Waals surface area contributed by atoms with Crippen molar-refractivity contribution in [2.45, 2.75) is 0 Å². The number of methoxy groups -OCH3 is 1. The van der Waals surface area contributed by atoms with Crippen molar-refractivity contribution in [2.24, 2.45) is 0 Å². The van der Waals surface area contributed by atoms with Gasteiger partial charge in [0.25, 0.3) is 0 Å². The Hall–Kier alpha value is -2.18. The molecule has 86 valence electrons. The van der Waals surface area contributed by atoms with Crippen molar-refractivity contribution < 1.29 is 23.6 Å². The van der Waals surface area contributed by atoms with E-state index in [1.807, 2.05) is 0 Å². The molecule has 0 bridgehead atoms. The van der Waals surface area contributed by atoms with Crippen LogP contribution in [0.3, 0.4) is 0 Å². The number of rotatable bonds is 4. The van der Waals surface area contributed by atoms with Crippen LogP contribution in [0.25, 0.3) is 0 Å². The van der Waals surface area contributed by atoms with Gasteiger partial charge in [-0.15, -0.1) is 0 Å². The van der Waals surface area contributed by atoms with Crippen LogP contribution in [0.5, 0.6) is 5.75 Å². The van der Waals surface area contributed by atoms with Gasteiger partial charge in [0.05, 0.1) is 12.0 Å². The van der Waals surface area contributed by atoms with Gasteiger partial charge in [-0.25, -0.2) is 9.18 Å². The molecule has 0 N–H and O–H groups in total. The Balaban J connectivity index is 3.32. The smallest absolute Gasteiger partial charge is 0.345 e. The van der Waals surface area contributed by atoms with Gasteiger partial charge in [-0.2, -0.15) is 0 Å². The second-order valence-electron chi connectivity index (χ2n) is 2.65. The highest BCUT2D eigenvalue weighted by Crippen LogP contribution is 2.31. The Morgan fingerprint density at radius 2 is 2.25 bits per heavy atom. The maximum Gasteiger partial charge on any atom is 0.345 e. The van der Waals surface area contributed by atoms with E-state index in [0.717, 1.165) is 7.11 Å². The van der Waals surface area contributed by atoms with Crippen molar-refractivity contribution >= 4 is 11.7 Å². The zero-order chi connectivity index (χ0) is 12.1. The van der Waals surface area contributed by atoms with Gasteiger partial charge >= 0.3 is 11.7 Å². The Bertz CT molecular complexity index is 420. The summed E-state index contributed by atoms with van der Waals surface area (Å²) in [5.41, 5.74) is -0.884. The number of ether oxygens (including phenoxy) is 2. The van der Waals surface area contributed by atoms with Gasteiger partial charge in [-0.1, -0.05) is 6.07 Å². The molecule has 0 radical (unpaired) electrons. The van der Waals surface area contributed by atoms with E-state index in [0.29, 0.717) is 0 Å². The Labute approximate surface area is 89.7 Å². The summed E-state index contributed by atoms with van der Waals surface area (Å²) in [7, 11) is 1.09. The fraction of sp³-hybridized carbons (Fsp3) is 0.222. The topological polar surface area (TPSA) is 78.7 Å². The molecule has 6 nitrogen and oxygen atoms in total. The second kappa shape index (κ2) is 5.06. The molecular formula is C9H8FNO5. The van der Waals surface area contributed by atoms with Crippen LogP contribution in [0.4, 0.5) is 10.1 Å². The summed E-state index contributed by atoms with van der Waals surface area (Å²) in [6, 6.07) is 3.74. The van der Waals surface area contributed by atoms with Crippen molar-refractivity contribution in [3.05, 3.63) is 33.9 Å². The molecule has 1 aromatic carbocycles. The van der Waals surface area contributed by atoms with Gasteiger partial charge in [0.15, 0.2) is 0 Å². The van der Waals surface area contributed by atoms with E-state index in [9.17, 15) is 19.3 Å². The molecule has 0 aliphatic heterocycles. The van der Waals surface area contributed by atoms with E-state index in [1.165, 1.54) is 18.2 Å². The van der Waals surface area contributed by atoms with E-state index in [-0.39, 0.29) is 11.3 Å². The minimum Gasteiger partial charge on any atom is -0.465 e. The number of esters is 1. The largest absolute Gasteiger partial charge is 0.465 e. The number of hydrogen-bond acceptors (Lipinski definition) is 5. The van der Waals surface area contributed by atoms with E-state index in [1.54, 1.807) is 0 Å². The highest BCUT2D eigenvalue weighted by Gasteiger charge is 2.26. The maximum absolute atomic E-state index is 12.0. The first-order valence-electron chi connectivity index (χ1n) is 4.16. The highest BCUT2D eigenvalue weighted by molar-refractivity contribution is 5.95. The predicted molar refractivity (Wildman–Crippen MR) is 51.0 cm³/mol. The molecule has 0 heterocycles. The normalized spacial score (nSPS) is 9.62. The molecule has 0 aliphatic rings. The van der Waals surface area contributed by atoms with Crippen LogP contribution < -0.4 is 4.74 Å². The summed E-state index contributed by atoms with van der Waals surface area (Å²) in [5, 5.41) is 10.7. The van der Waals surface area contributed by atoms with Crippen LogP contribution in [0.15, 0.2) is 18.2 Å². The summed E-state index contributed by atoms with van der Waals surface area (Å²) >= 11 is 0. The molecule has 0 aliphatic carbocycles. The van der Waals surface area contributed by atoms with Crippen molar-refractivity contribution in [2.75, 3.05) is 14.0 Å². The molecule has 0 aromatic heterocycles. The van der Waals surface area contributed by atoms with Crippen molar-refractivity contribution in [1.29, 1.82) is 0 Å². The first-order valence-corrected chi connectivity index (χ1v) is 4.16. The number of alkyl halides is 1. The summed E-state index contributed by atoms with van der Waals surface area (Å²) in [4.78, 5) is 21.1. The average molecular weight is 229 g/mol. The third-order valence-corrected chi connectivity index (χ3v) is 1.80. The number of nitrogens with zero attached hydrogens (tertiary/aromatic N) is 1. The van der Waals surface area contributed by atoms with Crippen LogP contribution in [-0.2, 0) is 4.74 Å².